The van der Waals surface area contributed by atoms with Crippen LogP contribution in [0, 0.1) is 0 Å². The highest BCUT2D eigenvalue weighted by atomic mass is 79.9. The molecule has 31 heavy (non-hydrogen) atoms. The smallest absolute Gasteiger partial charge is 0.255 e. The van der Waals surface area contributed by atoms with Gasteiger partial charge in [0.1, 0.15) is 0 Å². The number of para-hydroxylation sites is 1. The number of rotatable bonds is 4. The van der Waals surface area contributed by atoms with Crippen molar-refractivity contribution in [3.05, 3.63) is 94.0 Å². The lowest BCUT2D eigenvalue weighted by molar-refractivity contribution is 0.0935. The van der Waals surface area contributed by atoms with Crippen molar-refractivity contribution in [1.82, 2.24) is 5.32 Å². The van der Waals surface area contributed by atoms with Crippen LogP contribution in [0.4, 0.5) is 5.69 Å². The molecular weight excluding hydrogens is 480 g/mol. The molecule has 0 bridgehead atoms. The summed E-state index contributed by atoms with van der Waals surface area (Å²) in [4.78, 5) is 25.9. The molecule has 0 fully saturated rings. The fourth-order valence-electron chi connectivity index (χ4n) is 3.59. The summed E-state index contributed by atoms with van der Waals surface area (Å²) in [5.41, 5.74) is 1.72. The molecule has 1 unspecified atom stereocenters. The molecule has 2 N–H and O–H groups in total. The van der Waals surface area contributed by atoms with Gasteiger partial charge >= 0.3 is 0 Å². The Morgan fingerprint density at radius 1 is 0.903 bits per heavy atom. The van der Waals surface area contributed by atoms with E-state index in [9.17, 15) is 18.0 Å². The van der Waals surface area contributed by atoms with Gasteiger partial charge in [0.15, 0.2) is 9.84 Å². The van der Waals surface area contributed by atoms with Gasteiger partial charge in [0.25, 0.3) is 11.8 Å². The van der Waals surface area contributed by atoms with Gasteiger partial charge in [0, 0.05) is 10.0 Å². The Kier molecular flexibility index (Phi) is 5.93. The molecule has 0 spiro atoms. The molecular formula is C23H19BrN2O4S. The Balaban J connectivity index is 1.57. The third-order valence-corrected chi connectivity index (χ3v) is 7.43. The van der Waals surface area contributed by atoms with E-state index in [0.29, 0.717) is 22.4 Å². The lowest BCUT2D eigenvalue weighted by Crippen LogP contribution is -2.34. The van der Waals surface area contributed by atoms with Crippen LogP contribution in [0.2, 0.25) is 0 Å². The van der Waals surface area contributed by atoms with Crippen molar-refractivity contribution in [2.75, 3.05) is 11.1 Å². The maximum Gasteiger partial charge on any atom is 0.255 e. The number of amides is 2. The fourth-order valence-corrected chi connectivity index (χ4v) is 5.61. The number of hydrogen-bond acceptors (Lipinski definition) is 4. The van der Waals surface area contributed by atoms with Crippen LogP contribution >= 0.6 is 15.9 Å². The number of sulfone groups is 1. The van der Waals surface area contributed by atoms with Crippen LogP contribution in [0.15, 0.2) is 82.2 Å². The number of benzene rings is 3. The van der Waals surface area contributed by atoms with E-state index in [1.807, 2.05) is 6.07 Å². The first-order chi connectivity index (χ1) is 14.8. The van der Waals surface area contributed by atoms with Crippen LogP contribution in [-0.4, -0.2) is 26.0 Å². The fraction of sp³-hybridized carbons (Fsp3) is 0.130. The zero-order valence-corrected chi connectivity index (χ0v) is 18.7. The van der Waals surface area contributed by atoms with E-state index < -0.39 is 15.9 Å². The number of anilines is 1. The normalized spacial score (nSPS) is 16.7. The lowest BCUT2D eigenvalue weighted by atomic mass is 10.0. The summed E-state index contributed by atoms with van der Waals surface area (Å²) in [6.45, 7) is 0. The summed E-state index contributed by atoms with van der Waals surface area (Å²) in [5, 5.41) is 5.72. The van der Waals surface area contributed by atoms with Gasteiger partial charge in [-0.1, -0.05) is 52.3 Å². The van der Waals surface area contributed by atoms with Crippen molar-refractivity contribution in [3.8, 4) is 0 Å². The summed E-state index contributed by atoms with van der Waals surface area (Å²) in [7, 11) is -3.35. The van der Waals surface area contributed by atoms with Crippen molar-refractivity contribution in [1.29, 1.82) is 0 Å². The van der Waals surface area contributed by atoms with Gasteiger partial charge in [0.05, 0.1) is 27.9 Å². The number of carbonyl (C=O) groups excluding carboxylic acids is 2. The third kappa shape index (κ3) is 4.55. The number of carbonyl (C=O) groups is 2. The van der Waals surface area contributed by atoms with Gasteiger partial charge in [0.2, 0.25) is 0 Å². The highest BCUT2D eigenvalue weighted by molar-refractivity contribution is 9.10. The maximum absolute atomic E-state index is 13.1. The minimum Gasteiger partial charge on any atom is -0.345 e. The summed E-state index contributed by atoms with van der Waals surface area (Å²) in [5.74, 6) is -0.754. The first kappa shape index (κ1) is 21.3. The standard InChI is InChI=1S/C23H19BrN2O4S/c24-16-7-5-6-15(14-16)22(27)25-19-10-3-1-9-18(19)23(28)26-20-12-13-31(29,30)21-11-4-2-8-17(20)21/h1-11,14,20H,12-13H2,(H,25,27)(H,26,28). The average molecular weight is 499 g/mol. The van der Waals surface area contributed by atoms with Gasteiger partial charge in [-0.3, -0.25) is 9.59 Å². The Morgan fingerprint density at radius 2 is 1.65 bits per heavy atom. The SMILES string of the molecule is O=C(Nc1ccccc1C(=O)NC1CCS(=O)(=O)c2ccccc21)c1cccc(Br)c1. The molecule has 1 aliphatic rings. The third-order valence-electron chi connectivity index (χ3n) is 5.12. The van der Waals surface area contributed by atoms with E-state index in [-0.39, 0.29) is 28.9 Å². The zero-order valence-electron chi connectivity index (χ0n) is 16.3. The molecule has 4 rings (SSSR count). The van der Waals surface area contributed by atoms with E-state index in [2.05, 4.69) is 26.6 Å². The van der Waals surface area contributed by atoms with Crippen LogP contribution in [0.1, 0.15) is 38.7 Å². The van der Waals surface area contributed by atoms with E-state index >= 15 is 0 Å². The number of halogens is 1. The van der Waals surface area contributed by atoms with Gasteiger partial charge in [-0.05, 0) is 48.4 Å². The molecule has 0 aliphatic carbocycles. The molecule has 0 aromatic heterocycles. The largest absolute Gasteiger partial charge is 0.345 e. The minimum absolute atomic E-state index is 0.0315. The summed E-state index contributed by atoms with van der Waals surface area (Å²) in [6.07, 6.45) is 0.289. The molecule has 0 saturated heterocycles. The second-order valence-electron chi connectivity index (χ2n) is 7.18. The zero-order chi connectivity index (χ0) is 22.0. The van der Waals surface area contributed by atoms with E-state index in [1.165, 1.54) is 0 Å². The molecule has 158 valence electrons. The van der Waals surface area contributed by atoms with Crippen LogP contribution < -0.4 is 10.6 Å². The maximum atomic E-state index is 13.1. The molecule has 2 amide bonds. The second kappa shape index (κ2) is 8.64. The van der Waals surface area contributed by atoms with Gasteiger partial charge in [-0.25, -0.2) is 8.42 Å². The number of hydrogen-bond donors (Lipinski definition) is 2. The minimum atomic E-state index is -3.35. The van der Waals surface area contributed by atoms with Gasteiger partial charge in [-0.15, -0.1) is 0 Å². The molecule has 8 heteroatoms. The topological polar surface area (TPSA) is 92.3 Å². The van der Waals surface area contributed by atoms with Crippen LogP contribution in [0.3, 0.4) is 0 Å². The monoisotopic (exact) mass is 498 g/mol. The Hall–Kier alpha value is -2.97. The Labute approximate surface area is 188 Å². The van der Waals surface area contributed by atoms with Crippen LogP contribution in [0.5, 0.6) is 0 Å². The van der Waals surface area contributed by atoms with Crippen LogP contribution in [-0.2, 0) is 9.84 Å². The predicted molar refractivity (Wildman–Crippen MR) is 122 cm³/mol. The van der Waals surface area contributed by atoms with Crippen molar-refractivity contribution in [2.45, 2.75) is 17.4 Å². The van der Waals surface area contributed by atoms with Crippen molar-refractivity contribution in [3.63, 3.8) is 0 Å². The first-order valence-corrected chi connectivity index (χ1v) is 12.1. The Bertz CT molecular complexity index is 1270. The summed E-state index contributed by atoms with van der Waals surface area (Å²) in [6, 6.07) is 20.0. The lowest BCUT2D eigenvalue weighted by Gasteiger charge is -2.26. The highest BCUT2D eigenvalue weighted by Crippen LogP contribution is 2.32. The van der Waals surface area contributed by atoms with Gasteiger partial charge in [-0.2, -0.15) is 0 Å². The van der Waals surface area contributed by atoms with E-state index in [1.54, 1.807) is 66.7 Å². The Morgan fingerprint density at radius 3 is 2.45 bits per heavy atom. The molecule has 1 heterocycles. The molecule has 0 saturated carbocycles. The molecule has 6 nitrogen and oxygen atoms in total. The van der Waals surface area contributed by atoms with Gasteiger partial charge < -0.3 is 10.6 Å². The molecule has 3 aromatic rings. The van der Waals surface area contributed by atoms with E-state index in [0.717, 1.165) is 4.47 Å². The summed E-state index contributed by atoms with van der Waals surface area (Å²) >= 11 is 3.34. The molecule has 1 aliphatic heterocycles. The predicted octanol–water partition coefficient (Wildman–Crippen LogP) is 4.35. The van der Waals surface area contributed by atoms with Crippen LogP contribution in [0.25, 0.3) is 0 Å². The van der Waals surface area contributed by atoms with E-state index in [4.69, 9.17) is 0 Å². The quantitative estimate of drug-likeness (QED) is 0.559. The highest BCUT2D eigenvalue weighted by Gasteiger charge is 2.31. The second-order valence-corrected chi connectivity index (χ2v) is 10.2. The average Bonchev–Trinajstić information content (AvgIpc) is 2.76. The number of nitrogens with one attached hydrogen (secondary N) is 2. The summed E-state index contributed by atoms with van der Waals surface area (Å²) < 4.78 is 25.5. The van der Waals surface area contributed by atoms with Crippen molar-refractivity contribution in [2.24, 2.45) is 0 Å². The number of fused-ring (bicyclic) bond motifs is 1. The molecule has 1 atom stereocenters. The van der Waals surface area contributed by atoms with Crippen molar-refractivity contribution < 1.29 is 18.0 Å². The molecule has 0 radical (unpaired) electrons. The molecule has 3 aromatic carbocycles. The first-order valence-electron chi connectivity index (χ1n) is 9.64. The van der Waals surface area contributed by atoms with Crippen molar-refractivity contribution >= 4 is 43.3 Å².